The van der Waals surface area contributed by atoms with E-state index in [4.69, 9.17) is 10.5 Å². The highest BCUT2D eigenvalue weighted by Crippen LogP contribution is 2.21. The minimum atomic E-state index is -0.475. The van der Waals surface area contributed by atoms with Crippen molar-refractivity contribution >= 4 is 5.91 Å². The van der Waals surface area contributed by atoms with Crippen molar-refractivity contribution in [1.29, 1.82) is 0 Å². The van der Waals surface area contributed by atoms with Crippen LogP contribution in [0.5, 0.6) is 5.88 Å². The van der Waals surface area contributed by atoms with Gasteiger partial charge in [0.25, 0.3) is 0 Å². The zero-order chi connectivity index (χ0) is 14.4. The second-order valence-electron chi connectivity index (χ2n) is 5.32. The highest BCUT2D eigenvalue weighted by Gasteiger charge is 2.22. The summed E-state index contributed by atoms with van der Waals surface area (Å²) >= 11 is 0. The van der Waals surface area contributed by atoms with Gasteiger partial charge in [0.15, 0.2) is 0 Å². The Morgan fingerprint density at radius 2 is 2.05 bits per heavy atom. The molecule has 0 aromatic carbocycles. The number of nitrogens with zero attached hydrogens (tertiary/aromatic N) is 1. The Morgan fingerprint density at radius 1 is 1.35 bits per heavy atom. The molecule has 0 aliphatic heterocycles. The van der Waals surface area contributed by atoms with E-state index in [1.54, 1.807) is 19.4 Å². The quantitative estimate of drug-likeness (QED) is 0.806. The number of primary amides is 1. The van der Waals surface area contributed by atoms with Crippen molar-refractivity contribution in [3.63, 3.8) is 0 Å². The summed E-state index contributed by atoms with van der Waals surface area (Å²) in [6.07, 6.45) is 8.85. The second-order valence-corrected chi connectivity index (χ2v) is 5.32. The lowest BCUT2D eigenvalue weighted by Crippen LogP contribution is -2.40. The van der Waals surface area contributed by atoms with Gasteiger partial charge in [-0.3, -0.25) is 10.1 Å². The molecule has 1 atom stereocenters. The topological polar surface area (TPSA) is 77.2 Å². The first kappa shape index (κ1) is 14.8. The first-order chi connectivity index (χ1) is 9.70. The first-order valence-corrected chi connectivity index (χ1v) is 7.26. The number of aromatic nitrogens is 1. The van der Waals surface area contributed by atoms with Crippen LogP contribution in [0.3, 0.4) is 0 Å². The number of methoxy groups -OCH3 is 1. The summed E-state index contributed by atoms with van der Waals surface area (Å²) in [7, 11) is 1.57. The second kappa shape index (κ2) is 7.24. The Labute approximate surface area is 119 Å². The zero-order valence-electron chi connectivity index (χ0n) is 12.0. The molecule has 1 unspecified atom stereocenters. The van der Waals surface area contributed by atoms with Gasteiger partial charge in [-0.25, -0.2) is 4.98 Å². The minimum Gasteiger partial charge on any atom is -0.481 e. The van der Waals surface area contributed by atoms with Crippen molar-refractivity contribution in [3.05, 3.63) is 23.9 Å². The Balaban J connectivity index is 2.07. The van der Waals surface area contributed by atoms with Crippen LogP contribution in [0.25, 0.3) is 0 Å². The average molecular weight is 277 g/mol. The van der Waals surface area contributed by atoms with Crippen molar-refractivity contribution in [2.24, 2.45) is 5.73 Å². The fraction of sp³-hybridized carbons (Fsp3) is 0.600. The van der Waals surface area contributed by atoms with Crippen LogP contribution in [0.1, 0.15) is 50.1 Å². The molecule has 1 saturated carbocycles. The molecule has 1 aliphatic carbocycles. The lowest BCUT2D eigenvalue weighted by molar-refractivity contribution is -0.120. The van der Waals surface area contributed by atoms with Crippen LogP contribution in [0, 0.1) is 0 Å². The number of carbonyl (C=O) groups excluding carboxylic acids is 1. The summed E-state index contributed by atoms with van der Waals surface area (Å²) in [5, 5.41) is 3.39. The fourth-order valence-electron chi connectivity index (χ4n) is 2.71. The van der Waals surface area contributed by atoms with Gasteiger partial charge in [0.2, 0.25) is 11.8 Å². The molecule has 1 aromatic rings. The molecule has 1 amide bonds. The summed E-state index contributed by atoms with van der Waals surface area (Å²) in [5.74, 6) is 0.174. The van der Waals surface area contributed by atoms with Crippen LogP contribution >= 0.6 is 0 Å². The number of pyridine rings is 1. The Hall–Kier alpha value is -1.62. The van der Waals surface area contributed by atoms with Crippen molar-refractivity contribution in [3.8, 4) is 5.88 Å². The van der Waals surface area contributed by atoms with Gasteiger partial charge in [-0.05, 0) is 18.4 Å². The highest BCUT2D eigenvalue weighted by atomic mass is 16.5. The van der Waals surface area contributed by atoms with Gasteiger partial charge >= 0.3 is 0 Å². The van der Waals surface area contributed by atoms with Crippen LogP contribution in [0.4, 0.5) is 0 Å². The summed E-state index contributed by atoms with van der Waals surface area (Å²) in [5.41, 5.74) is 6.33. The molecule has 5 nitrogen and oxygen atoms in total. The number of hydrogen-bond donors (Lipinski definition) is 2. The van der Waals surface area contributed by atoms with E-state index in [1.165, 1.54) is 25.7 Å². The number of amides is 1. The molecule has 110 valence electrons. The van der Waals surface area contributed by atoms with Gasteiger partial charge in [0, 0.05) is 18.3 Å². The van der Waals surface area contributed by atoms with E-state index in [0.29, 0.717) is 11.9 Å². The van der Waals surface area contributed by atoms with Gasteiger partial charge in [-0.15, -0.1) is 0 Å². The number of carbonyl (C=O) groups is 1. The summed E-state index contributed by atoms with van der Waals surface area (Å²) in [6, 6.07) is 3.47. The van der Waals surface area contributed by atoms with Gasteiger partial charge in [-0.1, -0.05) is 31.7 Å². The monoisotopic (exact) mass is 277 g/mol. The molecule has 3 N–H and O–H groups in total. The predicted molar refractivity (Wildman–Crippen MR) is 77.4 cm³/mol. The Morgan fingerprint density at radius 3 is 2.55 bits per heavy atom. The standard InChI is InChI=1S/C15H23N3O2/c1-20-13-9-8-11(10-17-13)14(15(16)19)18-12-6-4-2-3-5-7-12/h8-10,12,14,18H,2-7H2,1H3,(H2,16,19). The fourth-order valence-corrected chi connectivity index (χ4v) is 2.71. The SMILES string of the molecule is COc1ccc(C(NC2CCCCCC2)C(N)=O)cn1. The first-order valence-electron chi connectivity index (χ1n) is 7.26. The number of nitrogens with one attached hydrogen (secondary N) is 1. The molecule has 0 saturated heterocycles. The van der Waals surface area contributed by atoms with Crippen LogP contribution in [0.2, 0.25) is 0 Å². The smallest absolute Gasteiger partial charge is 0.239 e. The molecular formula is C15H23N3O2. The van der Waals surface area contributed by atoms with Gasteiger partial charge < -0.3 is 10.5 Å². The maximum absolute atomic E-state index is 11.7. The Bertz CT molecular complexity index is 425. The molecule has 1 aliphatic rings. The van der Waals surface area contributed by atoms with Crippen LogP contribution in [-0.2, 0) is 4.79 Å². The number of hydrogen-bond acceptors (Lipinski definition) is 4. The molecule has 1 fully saturated rings. The largest absolute Gasteiger partial charge is 0.481 e. The third-order valence-electron chi connectivity index (χ3n) is 3.84. The number of rotatable bonds is 5. The van der Waals surface area contributed by atoms with E-state index in [-0.39, 0.29) is 5.91 Å². The molecule has 0 bridgehead atoms. The highest BCUT2D eigenvalue weighted by molar-refractivity contribution is 5.81. The number of ether oxygens (including phenoxy) is 1. The van der Waals surface area contributed by atoms with E-state index in [1.807, 2.05) is 6.07 Å². The van der Waals surface area contributed by atoms with Crippen LogP contribution < -0.4 is 15.8 Å². The molecule has 0 radical (unpaired) electrons. The average Bonchev–Trinajstić information content (AvgIpc) is 2.73. The van der Waals surface area contributed by atoms with E-state index in [2.05, 4.69) is 10.3 Å². The molecule has 2 rings (SSSR count). The zero-order valence-corrected chi connectivity index (χ0v) is 12.0. The van der Waals surface area contributed by atoms with Crippen LogP contribution in [0.15, 0.2) is 18.3 Å². The molecule has 20 heavy (non-hydrogen) atoms. The molecule has 0 spiro atoms. The van der Waals surface area contributed by atoms with Crippen LogP contribution in [-0.4, -0.2) is 24.0 Å². The van der Waals surface area contributed by atoms with E-state index in [9.17, 15) is 4.79 Å². The third kappa shape index (κ3) is 3.93. The summed E-state index contributed by atoms with van der Waals surface area (Å²) in [4.78, 5) is 15.9. The van der Waals surface area contributed by atoms with E-state index >= 15 is 0 Å². The third-order valence-corrected chi connectivity index (χ3v) is 3.84. The molecule has 1 aromatic heterocycles. The van der Waals surface area contributed by atoms with Crippen molar-refractivity contribution < 1.29 is 9.53 Å². The summed E-state index contributed by atoms with van der Waals surface area (Å²) < 4.78 is 5.03. The molecule has 1 heterocycles. The van der Waals surface area contributed by atoms with E-state index < -0.39 is 6.04 Å². The number of nitrogens with two attached hydrogens (primary N) is 1. The van der Waals surface area contributed by atoms with E-state index in [0.717, 1.165) is 18.4 Å². The maximum Gasteiger partial charge on any atom is 0.239 e. The normalized spacial score (nSPS) is 18.2. The lowest BCUT2D eigenvalue weighted by Gasteiger charge is -2.23. The Kier molecular flexibility index (Phi) is 5.35. The summed E-state index contributed by atoms with van der Waals surface area (Å²) in [6.45, 7) is 0. The van der Waals surface area contributed by atoms with Crippen molar-refractivity contribution in [2.45, 2.75) is 50.6 Å². The van der Waals surface area contributed by atoms with Gasteiger partial charge in [-0.2, -0.15) is 0 Å². The molecule has 5 heteroatoms. The predicted octanol–water partition coefficient (Wildman–Crippen LogP) is 1.93. The maximum atomic E-state index is 11.7. The minimum absolute atomic E-state index is 0.358. The molecular weight excluding hydrogens is 254 g/mol. The van der Waals surface area contributed by atoms with Gasteiger partial charge in [0.1, 0.15) is 6.04 Å². The lowest BCUT2D eigenvalue weighted by atomic mass is 10.0. The van der Waals surface area contributed by atoms with Crippen molar-refractivity contribution in [2.75, 3.05) is 7.11 Å². The van der Waals surface area contributed by atoms with Gasteiger partial charge in [0.05, 0.1) is 7.11 Å². The van der Waals surface area contributed by atoms with Crippen molar-refractivity contribution in [1.82, 2.24) is 10.3 Å².